The zero-order chi connectivity index (χ0) is 21.2. The van der Waals surface area contributed by atoms with Crippen molar-refractivity contribution in [2.45, 2.75) is 12.5 Å². The van der Waals surface area contributed by atoms with Gasteiger partial charge >= 0.3 is 0 Å². The summed E-state index contributed by atoms with van der Waals surface area (Å²) in [4.78, 5) is 23.7. The number of aromatic nitrogens is 2. The summed E-state index contributed by atoms with van der Waals surface area (Å²) in [6.45, 7) is 1.63. The predicted octanol–water partition coefficient (Wildman–Crippen LogP) is 3.63. The first-order chi connectivity index (χ1) is 15.1. The molecule has 5 rings (SSSR count). The summed E-state index contributed by atoms with van der Waals surface area (Å²) in [7, 11) is 0. The van der Waals surface area contributed by atoms with Crippen LogP contribution in [-0.4, -0.2) is 35.0 Å². The largest absolute Gasteiger partial charge is 0.352 e. The number of benzene rings is 3. The lowest BCUT2D eigenvalue weighted by molar-refractivity contribution is -0.115. The number of nitrogens with two attached hydrogens (primary N) is 1. The van der Waals surface area contributed by atoms with Gasteiger partial charge in [0.15, 0.2) is 0 Å². The Kier molecular flexibility index (Phi) is 5.06. The zero-order valence-electron chi connectivity index (χ0n) is 17.0. The van der Waals surface area contributed by atoms with Gasteiger partial charge in [-0.2, -0.15) is 0 Å². The number of hydrogen-bond donors (Lipinski definition) is 2. The molecule has 1 aromatic heterocycles. The maximum Gasteiger partial charge on any atom is 0.228 e. The molecule has 1 aliphatic heterocycles. The van der Waals surface area contributed by atoms with Gasteiger partial charge in [0, 0.05) is 24.8 Å². The minimum Gasteiger partial charge on any atom is -0.352 e. The van der Waals surface area contributed by atoms with E-state index in [1.807, 2.05) is 66.7 Å². The highest BCUT2D eigenvalue weighted by Gasteiger charge is 2.24. The second-order valence-electron chi connectivity index (χ2n) is 7.88. The van der Waals surface area contributed by atoms with E-state index in [0.29, 0.717) is 6.42 Å². The van der Waals surface area contributed by atoms with Gasteiger partial charge in [-0.25, -0.2) is 4.98 Å². The van der Waals surface area contributed by atoms with Gasteiger partial charge in [-0.1, -0.05) is 48.5 Å². The average Bonchev–Trinajstić information content (AvgIpc) is 2.77. The molecule has 0 atom stereocenters. The van der Waals surface area contributed by atoms with Crippen molar-refractivity contribution in [1.82, 2.24) is 9.97 Å². The van der Waals surface area contributed by atoms with E-state index in [0.717, 1.165) is 52.3 Å². The molecule has 3 aromatic carbocycles. The lowest BCUT2D eigenvalue weighted by Gasteiger charge is -2.37. The topological polar surface area (TPSA) is 84.1 Å². The molecule has 1 saturated heterocycles. The van der Waals surface area contributed by atoms with Gasteiger partial charge < -0.3 is 16.0 Å². The number of rotatable bonds is 5. The van der Waals surface area contributed by atoms with E-state index >= 15 is 0 Å². The van der Waals surface area contributed by atoms with E-state index in [9.17, 15) is 4.79 Å². The molecule has 31 heavy (non-hydrogen) atoms. The minimum absolute atomic E-state index is 0.0295. The number of nitrogens with zero attached hydrogens (tertiary/aromatic N) is 3. The molecule has 3 N–H and O–H groups in total. The second kappa shape index (κ2) is 8.16. The van der Waals surface area contributed by atoms with Crippen LogP contribution in [0.1, 0.15) is 5.56 Å². The first-order valence-electron chi connectivity index (χ1n) is 10.4. The fourth-order valence-electron chi connectivity index (χ4n) is 3.77. The van der Waals surface area contributed by atoms with Crippen LogP contribution in [0.5, 0.6) is 0 Å². The Balaban J connectivity index is 1.31. The number of amides is 1. The smallest absolute Gasteiger partial charge is 0.228 e. The van der Waals surface area contributed by atoms with Gasteiger partial charge in [0.05, 0.1) is 23.7 Å². The summed E-state index contributed by atoms with van der Waals surface area (Å²) in [6, 6.07) is 23.9. The van der Waals surface area contributed by atoms with Crippen LogP contribution < -0.4 is 16.0 Å². The molecule has 0 bridgehead atoms. The van der Waals surface area contributed by atoms with E-state index in [1.165, 1.54) is 0 Å². The maximum absolute atomic E-state index is 12.3. The number of nitrogens with one attached hydrogen (secondary N) is 1. The Hall–Kier alpha value is -3.77. The normalized spacial score (nSPS) is 13.8. The Bertz CT molecular complexity index is 1220. The average molecular weight is 409 g/mol. The van der Waals surface area contributed by atoms with Crippen LogP contribution in [-0.2, 0) is 11.2 Å². The van der Waals surface area contributed by atoms with Crippen molar-refractivity contribution in [3.8, 4) is 11.1 Å². The van der Waals surface area contributed by atoms with Gasteiger partial charge in [-0.05, 0) is 41.0 Å². The van der Waals surface area contributed by atoms with Crippen LogP contribution in [0.4, 0.5) is 11.5 Å². The molecule has 0 unspecified atom stereocenters. The fraction of sp³-hybridized carbons (Fsp3) is 0.160. The highest BCUT2D eigenvalue weighted by molar-refractivity contribution is 5.92. The number of hydrogen-bond acceptors (Lipinski definition) is 5. The molecule has 2 heterocycles. The lowest BCUT2D eigenvalue weighted by atomic mass is 10.0. The third kappa shape index (κ3) is 4.25. The fourth-order valence-corrected chi connectivity index (χ4v) is 3.77. The van der Waals surface area contributed by atoms with Gasteiger partial charge in [0.25, 0.3) is 0 Å². The highest BCUT2D eigenvalue weighted by atomic mass is 16.1. The van der Waals surface area contributed by atoms with Crippen molar-refractivity contribution in [2.75, 3.05) is 23.3 Å². The summed E-state index contributed by atoms with van der Waals surface area (Å²) in [5.41, 5.74) is 11.5. The van der Waals surface area contributed by atoms with Gasteiger partial charge in [-0.15, -0.1) is 0 Å². The summed E-state index contributed by atoms with van der Waals surface area (Å²) in [5, 5.41) is 2.96. The van der Waals surface area contributed by atoms with Crippen molar-refractivity contribution in [1.29, 1.82) is 0 Å². The first-order valence-corrected chi connectivity index (χ1v) is 10.4. The van der Waals surface area contributed by atoms with E-state index in [4.69, 9.17) is 10.7 Å². The number of carbonyl (C=O) groups excluding carboxylic acids is 1. The summed E-state index contributed by atoms with van der Waals surface area (Å²) < 4.78 is 0. The number of carbonyl (C=O) groups is 1. The summed E-state index contributed by atoms with van der Waals surface area (Å²) in [6.07, 6.45) is 2.16. The third-order valence-corrected chi connectivity index (χ3v) is 5.47. The molecule has 6 nitrogen and oxygen atoms in total. The Morgan fingerprint density at radius 1 is 0.968 bits per heavy atom. The standard InChI is InChI=1S/C25H23N5O/c26-20-15-30(16-20)24-14-27-22-11-8-19(13-23(22)29-24)18-6-9-21(10-7-18)28-25(31)12-17-4-2-1-3-5-17/h1-11,13-14,20H,12,15-16,26H2,(H,28,31). The molecule has 0 saturated carbocycles. The van der Waals surface area contributed by atoms with Crippen LogP contribution in [0, 0.1) is 0 Å². The lowest BCUT2D eigenvalue weighted by Crippen LogP contribution is -2.56. The molecule has 0 radical (unpaired) electrons. The highest BCUT2D eigenvalue weighted by Crippen LogP contribution is 2.26. The maximum atomic E-state index is 12.3. The zero-order valence-corrected chi connectivity index (χ0v) is 17.0. The van der Waals surface area contributed by atoms with Crippen molar-refractivity contribution in [3.05, 3.63) is 84.6 Å². The van der Waals surface area contributed by atoms with Crippen LogP contribution in [0.15, 0.2) is 79.0 Å². The van der Waals surface area contributed by atoms with Crippen molar-refractivity contribution < 1.29 is 4.79 Å². The molecule has 0 aliphatic carbocycles. The molecule has 6 heteroatoms. The quantitative estimate of drug-likeness (QED) is 0.526. The molecule has 1 fully saturated rings. The SMILES string of the molecule is NC1CN(c2cnc3ccc(-c4ccc(NC(=O)Cc5ccccc5)cc4)cc3n2)C1. The Labute approximate surface area is 180 Å². The van der Waals surface area contributed by atoms with Gasteiger partial charge in [-0.3, -0.25) is 9.78 Å². The summed E-state index contributed by atoms with van der Waals surface area (Å²) >= 11 is 0. The molecular weight excluding hydrogens is 386 g/mol. The molecule has 154 valence electrons. The minimum atomic E-state index is -0.0295. The number of anilines is 2. The summed E-state index contributed by atoms with van der Waals surface area (Å²) in [5.74, 6) is 0.834. The first kappa shape index (κ1) is 19.2. The van der Waals surface area contributed by atoms with Crippen molar-refractivity contribution >= 4 is 28.4 Å². The molecule has 0 spiro atoms. The van der Waals surface area contributed by atoms with Crippen molar-refractivity contribution in [3.63, 3.8) is 0 Å². The van der Waals surface area contributed by atoms with E-state index < -0.39 is 0 Å². The van der Waals surface area contributed by atoms with E-state index in [2.05, 4.69) is 21.3 Å². The predicted molar refractivity (Wildman–Crippen MR) is 124 cm³/mol. The van der Waals surface area contributed by atoms with Gasteiger partial charge in [0.2, 0.25) is 5.91 Å². The van der Waals surface area contributed by atoms with Crippen molar-refractivity contribution in [2.24, 2.45) is 5.73 Å². The van der Waals surface area contributed by atoms with E-state index in [1.54, 1.807) is 6.20 Å². The monoisotopic (exact) mass is 409 g/mol. The van der Waals surface area contributed by atoms with Gasteiger partial charge in [0.1, 0.15) is 5.82 Å². The second-order valence-corrected chi connectivity index (χ2v) is 7.88. The molecule has 1 amide bonds. The molecular formula is C25H23N5O. The van der Waals surface area contributed by atoms with Crippen LogP contribution in [0.2, 0.25) is 0 Å². The molecule has 4 aromatic rings. The Morgan fingerprint density at radius 3 is 2.45 bits per heavy atom. The van der Waals surface area contributed by atoms with E-state index in [-0.39, 0.29) is 11.9 Å². The van der Waals surface area contributed by atoms with Crippen LogP contribution in [0.3, 0.4) is 0 Å². The van der Waals surface area contributed by atoms with Crippen LogP contribution in [0.25, 0.3) is 22.2 Å². The Morgan fingerprint density at radius 2 is 1.71 bits per heavy atom. The molecule has 1 aliphatic rings. The third-order valence-electron chi connectivity index (χ3n) is 5.47. The van der Waals surface area contributed by atoms with Crippen LogP contribution >= 0.6 is 0 Å². The number of fused-ring (bicyclic) bond motifs is 1.